The molecule has 1 aromatic carbocycles. The lowest BCUT2D eigenvalue weighted by Gasteiger charge is -2.14. The topological polar surface area (TPSA) is 64.4 Å². The first-order chi connectivity index (χ1) is 10.1. The number of nitro benzene ring substituents is 1. The van der Waals surface area contributed by atoms with Gasteiger partial charge in [-0.1, -0.05) is 12.1 Å². The summed E-state index contributed by atoms with van der Waals surface area (Å²) in [5, 5.41) is 14.3. The van der Waals surface area contributed by atoms with Gasteiger partial charge in [-0.2, -0.15) is 0 Å². The summed E-state index contributed by atoms with van der Waals surface area (Å²) in [6.07, 6.45) is 3.61. The van der Waals surface area contributed by atoms with Gasteiger partial charge >= 0.3 is 0 Å². The maximum absolute atomic E-state index is 11.0. The van der Waals surface area contributed by atoms with Gasteiger partial charge in [0.25, 0.3) is 5.69 Å². The second kappa shape index (κ2) is 7.52. The van der Waals surface area contributed by atoms with E-state index in [4.69, 9.17) is 4.74 Å². The van der Waals surface area contributed by atoms with Crippen molar-refractivity contribution >= 4 is 5.69 Å². The lowest BCUT2D eigenvalue weighted by Crippen LogP contribution is -2.21. The molecule has 1 aliphatic carbocycles. The van der Waals surface area contributed by atoms with Gasteiger partial charge in [0.1, 0.15) is 0 Å². The van der Waals surface area contributed by atoms with Crippen molar-refractivity contribution in [2.45, 2.75) is 39.2 Å². The average Bonchev–Trinajstić information content (AvgIpc) is 3.26. The van der Waals surface area contributed by atoms with Gasteiger partial charge < -0.3 is 10.1 Å². The normalized spacial score (nSPS) is 15.9. The Balaban J connectivity index is 1.72. The number of nitro groups is 1. The quantitative estimate of drug-likeness (QED) is 0.430. The van der Waals surface area contributed by atoms with E-state index in [-0.39, 0.29) is 16.7 Å². The molecule has 21 heavy (non-hydrogen) atoms. The van der Waals surface area contributed by atoms with Crippen LogP contribution in [0.1, 0.15) is 43.4 Å². The van der Waals surface area contributed by atoms with Gasteiger partial charge in [-0.05, 0) is 51.1 Å². The van der Waals surface area contributed by atoms with E-state index in [1.807, 2.05) is 19.1 Å². The lowest BCUT2D eigenvalue weighted by atomic mass is 10.0. The van der Waals surface area contributed by atoms with Crippen LogP contribution >= 0.6 is 0 Å². The standard InChI is InChI=1S/C16H24N2O3/c1-12-4-7-15(10-16(12)18(19)20)13(2)17-8-3-9-21-11-14-5-6-14/h4,7,10,13-14,17H,3,5-6,8-9,11H2,1-2H3. The van der Waals surface area contributed by atoms with E-state index >= 15 is 0 Å². The molecule has 0 bridgehead atoms. The Labute approximate surface area is 125 Å². The van der Waals surface area contributed by atoms with E-state index in [0.717, 1.165) is 37.7 Å². The Bertz CT molecular complexity index is 486. The maximum atomic E-state index is 11.0. The highest BCUT2D eigenvalue weighted by Crippen LogP contribution is 2.28. The van der Waals surface area contributed by atoms with Crippen LogP contribution in [0.5, 0.6) is 0 Å². The molecule has 1 atom stereocenters. The van der Waals surface area contributed by atoms with Crippen LogP contribution in [-0.2, 0) is 4.74 Å². The molecule has 116 valence electrons. The van der Waals surface area contributed by atoms with Crippen LogP contribution < -0.4 is 5.32 Å². The molecule has 5 nitrogen and oxygen atoms in total. The highest BCUT2D eigenvalue weighted by molar-refractivity contribution is 5.43. The van der Waals surface area contributed by atoms with Crippen molar-refractivity contribution in [3.8, 4) is 0 Å². The minimum Gasteiger partial charge on any atom is -0.381 e. The predicted molar refractivity (Wildman–Crippen MR) is 82.4 cm³/mol. The minimum atomic E-state index is -0.322. The third kappa shape index (κ3) is 5.10. The monoisotopic (exact) mass is 292 g/mol. The van der Waals surface area contributed by atoms with Crippen LogP contribution in [0.2, 0.25) is 0 Å². The Morgan fingerprint density at radius 1 is 1.48 bits per heavy atom. The van der Waals surface area contributed by atoms with Gasteiger partial charge in [-0.25, -0.2) is 0 Å². The fraction of sp³-hybridized carbons (Fsp3) is 0.625. The van der Waals surface area contributed by atoms with Crippen LogP contribution in [0, 0.1) is 23.0 Å². The van der Waals surface area contributed by atoms with Crippen LogP contribution in [0.25, 0.3) is 0 Å². The van der Waals surface area contributed by atoms with Crippen LogP contribution in [-0.4, -0.2) is 24.7 Å². The van der Waals surface area contributed by atoms with Crippen LogP contribution in [0.15, 0.2) is 18.2 Å². The van der Waals surface area contributed by atoms with Crippen molar-refractivity contribution in [3.05, 3.63) is 39.4 Å². The Morgan fingerprint density at radius 2 is 2.24 bits per heavy atom. The van der Waals surface area contributed by atoms with Crippen molar-refractivity contribution < 1.29 is 9.66 Å². The molecule has 2 rings (SSSR count). The van der Waals surface area contributed by atoms with Gasteiger partial charge in [0.15, 0.2) is 0 Å². The van der Waals surface area contributed by atoms with E-state index in [9.17, 15) is 10.1 Å². The Kier molecular flexibility index (Phi) is 5.70. The van der Waals surface area contributed by atoms with E-state index in [2.05, 4.69) is 5.32 Å². The van der Waals surface area contributed by atoms with E-state index in [0.29, 0.717) is 5.56 Å². The molecule has 1 aliphatic rings. The smallest absolute Gasteiger partial charge is 0.272 e. The summed E-state index contributed by atoms with van der Waals surface area (Å²) in [4.78, 5) is 10.6. The molecule has 0 radical (unpaired) electrons. The summed E-state index contributed by atoms with van der Waals surface area (Å²) in [7, 11) is 0. The Hall–Kier alpha value is -1.46. The molecule has 0 saturated heterocycles. The maximum Gasteiger partial charge on any atom is 0.272 e. The lowest BCUT2D eigenvalue weighted by molar-refractivity contribution is -0.385. The number of nitrogens with zero attached hydrogens (tertiary/aromatic N) is 1. The second-order valence-corrected chi connectivity index (χ2v) is 5.85. The van der Waals surface area contributed by atoms with E-state index < -0.39 is 0 Å². The summed E-state index contributed by atoms with van der Waals surface area (Å²) in [6.45, 7) is 6.33. The minimum absolute atomic E-state index is 0.104. The van der Waals surface area contributed by atoms with Gasteiger partial charge in [0.2, 0.25) is 0 Å². The number of aryl methyl sites for hydroxylation is 1. The van der Waals surface area contributed by atoms with Gasteiger partial charge in [-0.3, -0.25) is 10.1 Å². The summed E-state index contributed by atoms with van der Waals surface area (Å²) < 4.78 is 5.58. The molecule has 1 fully saturated rings. The predicted octanol–water partition coefficient (Wildman–Crippen LogP) is 3.37. The molecular weight excluding hydrogens is 268 g/mol. The van der Waals surface area contributed by atoms with Crippen molar-refractivity contribution in [3.63, 3.8) is 0 Å². The molecule has 1 N–H and O–H groups in total. The summed E-state index contributed by atoms with van der Waals surface area (Å²) in [5.41, 5.74) is 1.84. The summed E-state index contributed by atoms with van der Waals surface area (Å²) in [5.74, 6) is 0.810. The van der Waals surface area contributed by atoms with E-state index in [1.54, 1.807) is 13.0 Å². The van der Waals surface area contributed by atoms with Gasteiger partial charge in [0.05, 0.1) is 4.92 Å². The first kappa shape index (κ1) is 15.9. The highest BCUT2D eigenvalue weighted by atomic mass is 16.6. The first-order valence-electron chi connectivity index (χ1n) is 7.64. The molecule has 0 amide bonds. The molecule has 0 aliphatic heterocycles. The zero-order valence-electron chi connectivity index (χ0n) is 12.8. The molecule has 0 heterocycles. The third-order valence-corrected chi connectivity index (χ3v) is 3.90. The first-order valence-corrected chi connectivity index (χ1v) is 7.64. The van der Waals surface area contributed by atoms with Crippen molar-refractivity contribution in [2.75, 3.05) is 19.8 Å². The number of hydrogen-bond acceptors (Lipinski definition) is 4. The molecule has 1 saturated carbocycles. The second-order valence-electron chi connectivity index (χ2n) is 5.85. The summed E-state index contributed by atoms with van der Waals surface area (Å²) in [6, 6.07) is 5.53. The average molecular weight is 292 g/mol. The number of benzene rings is 1. The molecule has 1 unspecified atom stereocenters. The molecule has 1 aromatic rings. The van der Waals surface area contributed by atoms with Crippen molar-refractivity contribution in [1.82, 2.24) is 5.32 Å². The molecular formula is C16H24N2O3. The molecule has 0 aromatic heterocycles. The molecule has 0 spiro atoms. The number of ether oxygens (including phenoxy) is 1. The van der Waals surface area contributed by atoms with E-state index in [1.165, 1.54) is 12.8 Å². The Morgan fingerprint density at radius 3 is 2.90 bits per heavy atom. The van der Waals surface area contributed by atoms with Gasteiger partial charge in [-0.15, -0.1) is 0 Å². The van der Waals surface area contributed by atoms with Crippen LogP contribution in [0.4, 0.5) is 5.69 Å². The number of nitrogens with one attached hydrogen (secondary N) is 1. The van der Waals surface area contributed by atoms with Gasteiger partial charge in [0, 0.05) is 30.9 Å². The fourth-order valence-electron chi connectivity index (χ4n) is 2.24. The van der Waals surface area contributed by atoms with Crippen LogP contribution in [0.3, 0.4) is 0 Å². The zero-order chi connectivity index (χ0) is 15.2. The number of rotatable bonds is 9. The third-order valence-electron chi connectivity index (χ3n) is 3.90. The zero-order valence-corrected chi connectivity index (χ0v) is 12.8. The SMILES string of the molecule is Cc1ccc(C(C)NCCCOCC2CC2)cc1[N+](=O)[O-]. The highest BCUT2D eigenvalue weighted by Gasteiger charge is 2.20. The van der Waals surface area contributed by atoms with Crippen molar-refractivity contribution in [1.29, 1.82) is 0 Å². The van der Waals surface area contributed by atoms with Crippen molar-refractivity contribution in [2.24, 2.45) is 5.92 Å². The fourth-order valence-corrected chi connectivity index (χ4v) is 2.24. The summed E-state index contributed by atoms with van der Waals surface area (Å²) >= 11 is 0. The molecule has 5 heteroatoms. The largest absolute Gasteiger partial charge is 0.381 e. The number of hydrogen-bond donors (Lipinski definition) is 1.